The zero-order valence-electron chi connectivity index (χ0n) is 13.1. The van der Waals surface area contributed by atoms with Gasteiger partial charge in [-0.2, -0.15) is 0 Å². The average Bonchev–Trinajstić information content (AvgIpc) is 2.91. The first-order chi connectivity index (χ1) is 11.1. The molecule has 23 heavy (non-hydrogen) atoms. The van der Waals surface area contributed by atoms with Crippen molar-refractivity contribution < 1.29 is 14.6 Å². The molecule has 118 valence electrons. The van der Waals surface area contributed by atoms with Crippen LogP contribution in [0.4, 0.5) is 0 Å². The van der Waals surface area contributed by atoms with Crippen molar-refractivity contribution in [1.29, 1.82) is 0 Å². The maximum atomic E-state index is 11.2. The van der Waals surface area contributed by atoms with E-state index >= 15 is 0 Å². The van der Waals surface area contributed by atoms with Crippen LogP contribution in [-0.4, -0.2) is 20.6 Å². The molecule has 0 saturated heterocycles. The highest BCUT2D eigenvalue weighted by molar-refractivity contribution is 5.93. The molecule has 0 bridgehead atoms. The minimum Gasteiger partial charge on any atom is -0.486 e. The molecule has 5 heteroatoms. The first kappa shape index (κ1) is 15.1. The molecular formula is C18H18N2O3. The highest BCUT2D eigenvalue weighted by atomic mass is 16.5. The van der Waals surface area contributed by atoms with Gasteiger partial charge in [0.25, 0.3) is 0 Å². The number of aromatic carboxylic acids is 1. The first-order valence-electron chi connectivity index (χ1n) is 7.46. The van der Waals surface area contributed by atoms with Crippen molar-refractivity contribution in [2.24, 2.45) is 0 Å². The Morgan fingerprint density at radius 1 is 1.30 bits per heavy atom. The van der Waals surface area contributed by atoms with Gasteiger partial charge in [-0.3, -0.25) is 4.98 Å². The molecule has 2 aromatic heterocycles. The Balaban J connectivity index is 1.99. The Kier molecular flexibility index (Phi) is 4.02. The van der Waals surface area contributed by atoms with Crippen molar-refractivity contribution in [1.82, 2.24) is 9.55 Å². The number of carboxylic acids is 1. The van der Waals surface area contributed by atoms with Crippen LogP contribution in [0, 0.1) is 0 Å². The van der Waals surface area contributed by atoms with Crippen LogP contribution in [-0.2, 0) is 6.61 Å². The third-order valence-electron chi connectivity index (χ3n) is 3.71. The molecule has 0 aliphatic rings. The molecule has 0 aliphatic carbocycles. The van der Waals surface area contributed by atoms with Crippen LogP contribution < -0.4 is 4.74 Å². The van der Waals surface area contributed by atoms with Gasteiger partial charge < -0.3 is 14.4 Å². The summed E-state index contributed by atoms with van der Waals surface area (Å²) in [5, 5.41) is 10.2. The average molecular weight is 310 g/mol. The molecule has 2 heterocycles. The van der Waals surface area contributed by atoms with Crippen molar-refractivity contribution in [3.63, 3.8) is 0 Å². The number of hydrogen-bond donors (Lipinski definition) is 1. The van der Waals surface area contributed by atoms with Gasteiger partial charge in [-0.1, -0.05) is 6.07 Å². The topological polar surface area (TPSA) is 64.4 Å². The second-order valence-corrected chi connectivity index (χ2v) is 5.66. The van der Waals surface area contributed by atoms with Crippen LogP contribution in [0.2, 0.25) is 0 Å². The molecule has 1 N–H and O–H groups in total. The van der Waals surface area contributed by atoms with E-state index in [1.165, 1.54) is 0 Å². The summed E-state index contributed by atoms with van der Waals surface area (Å²) < 4.78 is 7.90. The lowest BCUT2D eigenvalue weighted by molar-refractivity contribution is 0.0697. The lowest BCUT2D eigenvalue weighted by Crippen LogP contribution is -2.08. The van der Waals surface area contributed by atoms with Gasteiger partial charge in [-0.15, -0.1) is 0 Å². The molecule has 0 radical (unpaired) electrons. The van der Waals surface area contributed by atoms with Crippen LogP contribution in [0.3, 0.4) is 0 Å². The van der Waals surface area contributed by atoms with Gasteiger partial charge in [0, 0.05) is 23.1 Å². The fourth-order valence-electron chi connectivity index (χ4n) is 2.72. The molecule has 0 atom stereocenters. The fourth-order valence-corrected chi connectivity index (χ4v) is 2.72. The number of benzene rings is 1. The van der Waals surface area contributed by atoms with Crippen LogP contribution in [0.15, 0.2) is 48.8 Å². The number of carboxylic acid groups (broad SMARTS) is 1. The van der Waals surface area contributed by atoms with Gasteiger partial charge in [0.15, 0.2) is 0 Å². The van der Waals surface area contributed by atoms with Gasteiger partial charge in [0.05, 0.1) is 17.5 Å². The molecule has 0 aliphatic heterocycles. The van der Waals surface area contributed by atoms with Gasteiger partial charge in [0.2, 0.25) is 0 Å². The highest BCUT2D eigenvalue weighted by Gasteiger charge is 2.14. The lowest BCUT2D eigenvalue weighted by atomic mass is 10.1. The van der Waals surface area contributed by atoms with E-state index in [0.717, 1.165) is 16.6 Å². The molecule has 0 amide bonds. The Labute approximate surface area is 134 Å². The Bertz CT molecular complexity index is 838. The van der Waals surface area contributed by atoms with Gasteiger partial charge in [-0.05, 0) is 44.2 Å². The van der Waals surface area contributed by atoms with E-state index < -0.39 is 5.97 Å². The third kappa shape index (κ3) is 3.04. The summed E-state index contributed by atoms with van der Waals surface area (Å²) in [5.41, 5.74) is 2.20. The van der Waals surface area contributed by atoms with E-state index in [0.29, 0.717) is 12.4 Å². The second-order valence-electron chi connectivity index (χ2n) is 5.66. The van der Waals surface area contributed by atoms with Crippen LogP contribution in [0.5, 0.6) is 5.75 Å². The van der Waals surface area contributed by atoms with Crippen molar-refractivity contribution in [3.8, 4) is 5.75 Å². The lowest BCUT2D eigenvalue weighted by Gasteiger charge is -2.15. The summed E-state index contributed by atoms with van der Waals surface area (Å²) >= 11 is 0. The minimum atomic E-state index is -0.920. The normalized spacial score (nSPS) is 11.1. The molecule has 0 fully saturated rings. The predicted octanol–water partition coefficient (Wildman–Crippen LogP) is 3.89. The van der Waals surface area contributed by atoms with E-state index in [2.05, 4.69) is 23.4 Å². The highest BCUT2D eigenvalue weighted by Crippen LogP contribution is 2.26. The van der Waals surface area contributed by atoms with Gasteiger partial charge in [-0.25, -0.2) is 4.79 Å². The molecule has 3 rings (SSSR count). The number of carbonyl (C=O) groups is 1. The van der Waals surface area contributed by atoms with Gasteiger partial charge >= 0.3 is 5.97 Å². The monoisotopic (exact) mass is 310 g/mol. The standard InChI is InChI=1S/C18H18N2O3/c1-12(2)20-15(11-23-16-4-3-7-19-10-16)8-13-5-6-14(18(21)22)9-17(13)20/h3-10,12H,11H2,1-2H3,(H,21,22). The largest absolute Gasteiger partial charge is 0.486 e. The summed E-state index contributed by atoms with van der Waals surface area (Å²) in [5.74, 6) is -0.212. The summed E-state index contributed by atoms with van der Waals surface area (Å²) in [6.07, 6.45) is 3.37. The summed E-state index contributed by atoms with van der Waals surface area (Å²) in [6, 6.07) is 11.1. The Morgan fingerprint density at radius 3 is 2.78 bits per heavy atom. The van der Waals surface area contributed by atoms with E-state index in [-0.39, 0.29) is 11.6 Å². The van der Waals surface area contributed by atoms with E-state index in [4.69, 9.17) is 4.74 Å². The minimum absolute atomic E-state index is 0.198. The van der Waals surface area contributed by atoms with Crippen molar-refractivity contribution in [2.45, 2.75) is 26.5 Å². The number of nitrogens with zero attached hydrogens (tertiary/aromatic N) is 2. The number of aromatic nitrogens is 2. The number of fused-ring (bicyclic) bond motifs is 1. The molecule has 0 spiro atoms. The van der Waals surface area contributed by atoms with Crippen molar-refractivity contribution >= 4 is 16.9 Å². The number of rotatable bonds is 5. The maximum Gasteiger partial charge on any atom is 0.335 e. The smallest absolute Gasteiger partial charge is 0.335 e. The van der Waals surface area contributed by atoms with E-state index in [1.54, 1.807) is 24.5 Å². The summed E-state index contributed by atoms with van der Waals surface area (Å²) in [7, 11) is 0. The summed E-state index contributed by atoms with van der Waals surface area (Å²) in [4.78, 5) is 15.2. The van der Waals surface area contributed by atoms with Gasteiger partial charge in [0.1, 0.15) is 12.4 Å². The van der Waals surface area contributed by atoms with Crippen LogP contribution in [0.25, 0.3) is 10.9 Å². The molecule has 0 saturated carbocycles. The predicted molar refractivity (Wildman–Crippen MR) is 87.9 cm³/mol. The third-order valence-corrected chi connectivity index (χ3v) is 3.71. The Morgan fingerprint density at radius 2 is 2.13 bits per heavy atom. The molecule has 0 unspecified atom stereocenters. The summed E-state index contributed by atoms with van der Waals surface area (Å²) in [6.45, 7) is 4.54. The molecular weight excluding hydrogens is 292 g/mol. The molecule has 3 aromatic rings. The fraction of sp³-hybridized carbons (Fsp3) is 0.222. The van der Waals surface area contributed by atoms with Crippen LogP contribution >= 0.6 is 0 Å². The zero-order valence-corrected chi connectivity index (χ0v) is 13.1. The molecule has 5 nitrogen and oxygen atoms in total. The van der Waals surface area contributed by atoms with E-state index in [1.807, 2.05) is 24.3 Å². The van der Waals surface area contributed by atoms with E-state index in [9.17, 15) is 9.90 Å². The second kappa shape index (κ2) is 6.12. The van der Waals surface area contributed by atoms with Crippen molar-refractivity contribution in [3.05, 3.63) is 60.0 Å². The number of hydrogen-bond acceptors (Lipinski definition) is 3. The number of ether oxygens (including phenoxy) is 1. The quantitative estimate of drug-likeness (QED) is 0.776. The maximum absolute atomic E-state index is 11.2. The van der Waals surface area contributed by atoms with Crippen LogP contribution in [0.1, 0.15) is 35.9 Å². The SMILES string of the molecule is CC(C)n1c(COc2cccnc2)cc2ccc(C(=O)O)cc21. The zero-order chi connectivity index (χ0) is 16.4. The Hall–Kier alpha value is -2.82. The molecule has 1 aromatic carbocycles. The van der Waals surface area contributed by atoms with Crippen molar-refractivity contribution in [2.75, 3.05) is 0 Å². The number of pyridine rings is 1. The first-order valence-corrected chi connectivity index (χ1v) is 7.46.